The fourth-order valence-electron chi connectivity index (χ4n) is 2.68. The van der Waals surface area contributed by atoms with Gasteiger partial charge in [0.25, 0.3) is 0 Å². The summed E-state index contributed by atoms with van der Waals surface area (Å²) in [7, 11) is -3.48. The van der Waals surface area contributed by atoms with Crippen LogP contribution in [0.3, 0.4) is 0 Å². The number of sulfonamides is 1. The quantitative estimate of drug-likeness (QED) is 0.783. The Hall–Kier alpha value is -0.960. The largest absolute Gasteiger partial charge is 0.374 e. The van der Waals surface area contributed by atoms with Crippen LogP contribution in [0.25, 0.3) is 0 Å². The molecule has 1 aromatic rings. The molecule has 2 N–H and O–H groups in total. The number of H-pyrrole nitrogens is 1. The van der Waals surface area contributed by atoms with Crippen LogP contribution in [-0.2, 0) is 14.8 Å². The summed E-state index contributed by atoms with van der Waals surface area (Å²) in [6.07, 6.45) is 4.98. The maximum atomic E-state index is 11.9. The molecule has 2 saturated heterocycles. The van der Waals surface area contributed by atoms with Crippen LogP contribution in [0.5, 0.6) is 0 Å². The van der Waals surface area contributed by atoms with Crippen LogP contribution in [-0.4, -0.2) is 61.9 Å². The minimum atomic E-state index is -3.48. The van der Waals surface area contributed by atoms with E-state index >= 15 is 0 Å². The molecule has 3 heterocycles. The van der Waals surface area contributed by atoms with Gasteiger partial charge in [-0.15, -0.1) is 0 Å². The van der Waals surface area contributed by atoms with E-state index in [2.05, 4.69) is 19.8 Å². The standard InChI is InChI=1S/C11H18N4O3S/c16-19(17,11-5-12-13-6-11)14-4-10-7-15-3-1-2-9(15)8-18-10/h5-6,9-10,14H,1-4,7-8H2,(H,12,13). The molecular weight excluding hydrogens is 268 g/mol. The van der Waals surface area contributed by atoms with E-state index in [1.807, 2.05) is 0 Å². The summed E-state index contributed by atoms with van der Waals surface area (Å²) in [5, 5.41) is 6.14. The van der Waals surface area contributed by atoms with Crippen LogP contribution in [0, 0.1) is 0 Å². The third-order valence-corrected chi connectivity index (χ3v) is 5.14. The smallest absolute Gasteiger partial charge is 0.243 e. The number of ether oxygens (including phenoxy) is 1. The second-order valence-electron chi connectivity index (χ2n) is 5.03. The van der Waals surface area contributed by atoms with E-state index in [1.54, 1.807) is 0 Å². The summed E-state index contributed by atoms with van der Waals surface area (Å²) in [5.41, 5.74) is 0. The van der Waals surface area contributed by atoms with Crippen molar-refractivity contribution in [3.8, 4) is 0 Å². The van der Waals surface area contributed by atoms with E-state index < -0.39 is 10.0 Å². The van der Waals surface area contributed by atoms with E-state index in [1.165, 1.54) is 25.2 Å². The lowest BCUT2D eigenvalue weighted by molar-refractivity contribution is -0.0449. The van der Waals surface area contributed by atoms with Gasteiger partial charge < -0.3 is 4.74 Å². The molecule has 0 spiro atoms. The average molecular weight is 286 g/mol. The molecule has 19 heavy (non-hydrogen) atoms. The molecule has 0 bridgehead atoms. The van der Waals surface area contributed by atoms with Gasteiger partial charge in [0.2, 0.25) is 10.0 Å². The molecule has 2 aliphatic rings. The zero-order valence-electron chi connectivity index (χ0n) is 10.6. The lowest BCUT2D eigenvalue weighted by Gasteiger charge is -2.35. The lowest BCUT2D eigenvalue weighted by atomic mass is 10.2. The van der Waals surface area contributed by atoms with Crippen LogP contribution < -0.4 is 4.72 Å². The molecule has 8 heteroatoms. The van der Waals surface area contributed by atoms with Crippen LogP contribution in [0.15, 0.2) is 17.3 Å². The monoisotopic (exact) mass is 286 g/mol. The summed E-state index contributed by atoms with van der Waals surface area (Å²) in [6, 6.07) is 0.529. The maximum Gasteiger partial charge on any atom is 0.243 e. The van der Waals surface area contributed by atoms with Crippen molar-refractivity contribution in [2.45, 2.75) is 29.9 Å². The summed E-state index contributed by atoms with van der Waals surface area (Å²) < 4.78 is 32.1. The molecule has 7 nitrogen and oxygen atoms in total. The SMILES string of the molecule is O=S(=O)(NCC1CN2CCCC2CO1)c1cn[nH]c1. The van der Waals surface area contributed by atoms with Crippen LogP contribution in [0.2, 0.25) is 0 Å². The van der Waals surface area contributed by atoms with Crippen molar-refractivity contribution in [3.05, 3.63) is 12.4 Å². The van der Waals surface area contributed by atoms with E-state index in [0.29, 0.717) is 19.2 Å². The first kappa shape index (κ1) is 13.0. The summed E-state index contributed by atoms with van der Waals surface area (Å²) in [5.74, 6) is 0. The number of nitrogens with zero attached hydrogens (tertiary/aromatic N) is 2. The Labute approximate surface area is 112 Å². The Morgan fingerprint density at radius 1 is 1.58 bits per heavy atom. The number of hydrogen-bond donors (Lipinski definition) is 2. The number of morpholine rings is 1. The zero-order chi connectivity index (χ0) is 13.3. The number of nitrogens with one attached hydrogen (secondary N) is 2. The predicted octanol–water partition coefficient (Wildman–Crippen LogP) is -0.449. The first-order chi connectivity index (χ1) is 9.15. The Balaban J connectivity index is 1.55. The highest BCUT2D eigenvalue weighted by Crippen LogP contribution is 2.22. The number of hydrogen-bond acceptors (Lipinski definition) is 5. The van der Waals surface area contributed by atoms with Crippen LogP contribution in [0.1, 0.15) is 12.8 Å². The molecule has 0 saturated carbocycles. The second kappa shape index (κ2) is 5.20. The molecule has 0 aliphatic carbocycles. The second-order valence-corrected chi connectivity index (χ2v) is 6.80. The topological polar surface area (TPSA) is 87.3 Å². The van der Waals surface area contributed by atoms with Gasteiger partial charge in [0.05, 0.1) is 18.9 Å². The Bertz CT molecular complexity index is 516. The van der Waals surface area contributed by atoms with Crippen molar-refractivity contribution in [1.82, 2.24) is 19.8 Å². The van der Waals surface area contributed by atoms with Gasteiger partial charge in [-0.2, -0.15) is 5.10 Å². The van der Waals surface area contributed by atoms with E-state index in [4.69, 9.17) is 4.74 Å². The predicted molar refractivity (Wildman–Crippen MR) is 68.1 cm³/mol. The first-order valence-corrected chi connectivity index (χ1v) is 7.97. The van der Waals surface area contributed by atoms with Crippen molar-refractivity contribution >= 4 is 10.0 Å². The van der Waals surface area contributed by atoms with Gasteiger partial charge in [-0.05, 0) is 19.4 Å². The van der Waals surface area contributed by atoms with Crippen LogP contribution in [0.4, 0.5) is 0 Å². The van der Waals surface area contributed by atoms with Crippen molar-refractivity contribution in [1.29, 1.82) is 0 Å². The van der Waals surface area contributed by atoms with Gasteiger partial charge in [0.1, 0.15) is 4.90 Å². The molecule has 2 atom stereocenters. The zero-order valence-corrected chi connectivity index (χ0v) is 11.4. The van der Waals surface area contributed by atoms with E-state index in [-0.39, 0.29) is 11.0 Å². The van der Waals surface area contributed by atoms with Gasteiger partial charge in [-0.25, -0.2) is 13.1 Å². The molecular formula is C11H18N4O3S. The normalized spacial score (nSPS) is 28.4. The number of aromatic amines is 1. The first-order valence-electron chi connectivity index (χ1n) is 6.49. The Kier molecular flexibility index (Phi) is 3.57. The summed E-state index contributed by atoms with van der Waals surface area (Å²) in [6.45, 7) is 2.91. The molecule has 2 aliphatic heterocycles. The summed E-state index contributed by atoms with van der Waals surface area (Å²) >= 11 is 0. The number of fused-ring (bicyclic) bond motifs is 1. The number of rotatable bonds is 4. The minimum Gasteiger partial charge on any atom is -0.374 e. The molecule has 0 aromatic carbocycles. The molecule has 2 unspecified atom stereocenters. The fraction of sp³-hybridized carbons (Fsp3) is 0.727. The molecule has 106 valence electrons. The molecule has 1 aromatic heterocycles. The highest BCUT2D eigenvalue weighted by molar-refractivity contribution is 7.89. The van der Waals surface area contributed by atoms with Gasteiger partial charge in [-0.3, -0.25) is 10.00 Å². The van der Waals surface area contributed by atoms with E-state index in [9.17, 15) is 8.42 Å². The molecule has 0 radical (unpaired) electrons. The highest BCUT2D eigenvalue weighted by Gasteiger charge is 2.32. The molecule has 3 rings (SSSR count). The molecule has 2 fully saturated rings. The van der Waals surface area contributed by atoms with Crippen LogP contribution >= 0.6 is 0 Å². The maximum absolute atomic E-state index is 11.9. The van der Waals surface area contributed by atoms with Gasteiger partial charge >= 0.3 is 0 Å². The van der Waals surface area contributed by atoms with Crippen molar-refractivity contribution < 1.29 is 13.2 Å². The summed E-state index contributed by atoms with van der Waals surface area (Å²) in [4.78, 5) is 2.54. The van der Waals surface area contributed by atoms with E-state index in [0.717, 1.165) is 13.1 Å². The van der Waals surface area contributed by atoms with Crippen molar-refractivity contribution in [2.75, 3.05) is 26.2 Å². The highest BCUT2D eigenvalue weighted by atomic mass is 32.2. The number of aromatic nitrogens is 2. The lowest BCUT2D eigenvalue weighted by Crippen LogP contribution is -2.50. The van der Waals surface area contributed by atoms with Crippen molar-refractivity contribution in [2.24, 2.45) is 0 Å². The van der Waals surface area contributed by atoms with Gasteiger partial charge in [-0.1, -0.05) is 0 Å². The Morgan fingerprint density at radius 2 is 2.47 bits per heavy atom. The average Bonchev–Trinajstić information content (AvgIpc) is 3.07. The van der Waals surface area contributed by atoms with Crippen molar-refractivity contribution in [3.63, 3.8) is 0 Å². The van der Waals surface area contributed by atoms with Gasteiger partial charge in [0.15, 0.2) is 0 Å². The third kappa shape index (κ3) is 2.81. The minimum absolute atomic E-state index is 0.0731. The third-order valence-electron chi connectivity index (χ3n) is 3.75. The molecule has 0 amide bonds. The fourth-order valence-corrected chi connectivity index (χ4v) is 3.65. The Morgan fingerprint density at radius 3 is 3.26 bits per heavy atom. The van der Waals surface area contributed by atoms with Gasteiger partial charge in [0, 0.05) is 25.3 Å².